The zero-order valence-corrected chi connectivity index (χ0v) is 17.1. The first-order chi connectivity index (χ1) is 14.8. The van der Waals surface area contributed by atoms with E-state index in [0.29, 0.717) is 6.61 Å². The zero-order chi connectivity index (χ0) is 20.4. The highest BCUT2D eigenvalue weighted by molar-refractivity contribution is 5.70. The second-order valence-electron chi connectivity index (χ2n) is 7.64. The number of hydrogen-bond donors (Lipinski definition) is 2. The molecule has 0 spiro atoms. The van der Waals surface area contributed by atoms with Gasteiger partial charge in [0.2, 0.25) is 0 Å². The molecule has 4 rings (SSSR count). The summed E-state index contributed by atoms with van der Waals surface area (Å²) in [7, 11) is 0. The van der Waals surface area contributed by atoms with E-state index in [1.165, 1.54) is 11.1 Å². The highest BCUT2D eigenvalue weighted by Gasteiger charge is 2.15. The molecule has 1 saturated heterocycles. The number of pyridine rings is 2. The average molecular weight is 401 g/mol. The van der Waals surface area contributed by atoms with Gasteiger partial charge in [0.25, 0.3) is 0 Å². The quantitative estimate of drug-likeness (QED) is 0.545. The maximum absolute atomic E-state index is 6.10. The van der Waals surface area contributed by atoms with Gasteiger partial charge in [0, 0.05) is 57.4 Å². The van der Waals surface area contributed by atoms with E-state index in [1.54, 1.807) is 6.20 Å². The van der Waals surface area contributed by atoms with Crippen molar-refractivity contribution in [3.8, 4) is 5.75 Å². The van der Waals surface area contributed by atoms with Crippen LogP contribution >= 0.6 is 0 Å². The van der Waals surface area contributed by atoms with Gasteiger partial charge in [-0.1, -0.05) is 24.3 Å². The first-order valence-corrected chi connectivity index (χ1v) is 10.5. The summed E-state index contributed by atoms with van der Waals surface area (Å²) in [5.41, 5.74) is 4.67. The van der Waals surface area contributed by atoms with Crippen molar-refractivity contribution >= 4 is 12.2 Å². The van der Waals surface area contributed by atoms with Gasteiger partial charge in [-0.2, -0.15) is 0 Å². The number of nitrogens with one attached hydrogen (secondary N) is 2. The second kappa shape index (κ2) is 10.7. The van der Waals surface area contributed by atoms with Gasteiger partial charge in [0.05, 0.1) is 6.61 Å². The van der Waals surface area contributed by atoms with E-state index in [-0.39, 0.29) is 0 Å². The fraction of sp³-hybridized carbons (Fsp3) is 0.280. The van der Waals surface area contributed by atoms with Crippen molar-refractivity contribution in [1.29, 1.82) is 0 Å². The molecule has 2 aromatic heterocycles. The van der Waals surface area contributed by atoms with E-state index < -0.39 is 0 Å². The largest absolute Gasteiger partial charge is 0.493 e. The maximum Gasteiger partial charge on any atom is 0.120 e. The van der Waals surface area contributed by atoms with Crippen molar-refractivity contribution in [3.63, 3.8) is 0 Å². The van der Waals surface area contributed by atoms with Crippen LogP contribution < -0.4 is 15.4 Å². The molecule has 5 nitrogen and oxygen atoms in total. The minimum absolute atomic E-state index is 0.639. The Morgan fingerprint density at radius 2 is 1.83 bits per heavy atom. The van der Waals surface area contributed by atoms with Crippen LogP contribution in [0.25, 0.3) is 12.2 Å². The first kappa shape index (κ1) is 20.3. The van der Waals surface area contributed by atoms with Crippen LogP contribution in [-0.4, -0.2) is 36.2 Å². The molecule has 5 heteroatoms. The third-order valence-electron chi connectivity index (χ3n) is 5.18. The van der Waals surface area contributed by atoms with Crippen LogP contribution in [0.3, 0.4) is 0 Å². The summed E-state index contributed by atoms with van der Waals surface area (Å²) in [6.07, 6.45) is 12.4. The number of nitrogens with zero attached hydrogens (tertiary/aromatic N) is 2. The van der Waals surface area contributed by atoms with Gasteiger partial charge in [-0.05, 0) is 58.5 Å². The molecule has 0 atom stereocenters. The van der Waals surface area contributed by atoms with Crippen LogP contribution in [0, 0.1) is 5.92 Å². The monoisotopic (exact) mass is 400 g/mol. The van der Waals surface area contributed by atoms with Gasteiger partial charge in [0.15, 0.2) is 0 Å². The van der Waals surface area contributed by atoms with Crippen LogP contribution in [0.1, 0.15) is 22.3 Å². The number of rotatable bonds is 10. The molecule has 0 unspecified atom stereocenters. The SMILES string of the molecule is C(=C\c1cc(CNCC2CNC2)cc(OCCc2ccncc2)c1)/c1cccnc1. The van der Waals surface area contributed by atoms with E-state index in [4.69, 9.17) is 4.74 Å². The van der Waals surface area contributed by atoms with Gasteiger partial charge >= 0.3 is 0 Å². The summed E-state index contributed by atoms with van der Waals surface area (Å²) in [6, 6.07) is 14.5. The summed E-state index contributed by atoms with van der Waals surface area (Å²) in [6.45, 7) is 4.75. The van der Waals surface area contributed by atoms with Crippen molar-refractivity contribution in [2.75, 3.05) is 26.2 Å². The minimum Gasteiger partial charge on any atom is -0.493 e. The summed E-state index contributed by atoms with van der Waals surface area (Å²) < 4.78 is 6.10. The molecule has 3 heterocycles. The van der Waals surface area contributed by atoms with E-state index in [1.807, 2.05) is 42.9 Å². The number of benzene rings is 1. The van der Waals surface area contributed by atoms with E-state index in [9.17, 15) is 0 Å². The Balaban J connectivity index is 1.42. The lowest BCUT2D eigenvalue weighted by Crippen LogP contribution is -2.47. The van der Waals surface area contributed by atoms with Gasteiger partial charge in [0.1, 0.15) is 5.75 Å². The Bertz CT molecular complexity index is 940. The second-order valence-corrected chi connectivity index (χ2v) is 7.64. The third-order valence-corrected chi connectivity index (χ3v) is 5.18. The fourth-order valence-corrected chi connectivity index (χ4v) is 3.38. The van der Waals surface area contributed by atoms with Crippen molar-refractivity contribution in [2.24, 2.45) is 5.92 Å². The Hall–Kier alpha value is -3.02. The summed E-state index contributed by atoms with van der Waals surface area (Å²) in [5, 5.41) is 6.90. The summed E-state index contributed by atoms with van der Waals surface area (Å²) in [5.74, 6) is 1.65. The van der Waals surface area contributed by atoms with Crippen molar-refractivity contribution in [1.82, 2.24) is 20.6 Å². The number of hydrogen-bond acceptors (Lipinski definition) is 5. The average Bonchev–Trinajstić information content (AvgIpc) is 2.75. The van der Waals surface area contributed by atoms with Crippen LogP contribution in [0.15, 0.2) is 67.3 Å². The molecule has 154 valence electrons. The standard InChI is InChI=1S/C25H28N4O/c1-2-21(15-27-8-1)3-4-22-12-23(16-28-17-24-18-29-19-24)14-25(13-22)30-11-7-20-5-9-26-10-6-20/h1-6,8-10,12-15,24,28-29H,7,11,16-19H2/b4-3+. The molecule has 1 aliphatic heterocycles. The lowest BCUT2D eigenvalue weighted by atomic mass is 10.0. The fourth-order valence-electron chi connectivity index (χ4n) is 3.38. The van der Waals surface area contributed by atoms with Crippen LogP contribution in [0.4, 0.5) is 0 Å². The number of aromatic nitrogens is 2. The molecule has 30 heavy (non-hydrogen) atoms. The Morgan fingerprint density at radius 3 is 2.60 bits per heavy atom. The third kappa shape index (κ3) is 6.24. The van der Waals surface area contributed by atoms with E-state index in [0.717, 1.165) is 55.4 Å². The molecule has 1 aliphatic rings. The maximum atomic E-state index is 6.10. The molecule has 1 aromatic carbocycles. The van der Waals surface area contributed by atoms with E-state index in [2.05, 4.69) is 51.0 Å². The Labute approximate surface area is 178 Å². The van der Waals surface area contributed by atoms with Crippen molar-refractivity contribution in [3.05, 3.63) is 89.5 Å². The molecule has 1 fully saturated rings. The molecule has 0 aliphatic carbocycles. The number of ether oxygens (including phenoxy) is 1. The van der Waals surface area contributed by atoms with Gasteiger partial charge in [-0.3, -0.25) is 9.97 Å². The summed E-state index contributed by atoms with van der Waals surface area (Å²) >= 11 is 0. The van der Waals surface area contributed by atoms with Gasteiger partial charge in [-0.15, -0.1) is 0 Å². The molecule has 2 N–H and O–H groups in total. The molecule has 0 bridgehead atoms. The van der Waals surface area contributed by atoms with Gasteiger partial charge < -0.3 is 15.4 Å². The molecule has 0 amide bonds. The Kier molecular flexibility index (Phi) is 7.21. The highest BCUT2D eigenvalue weighted by Crippen LogP contribution is 2.20. The molecule has 0 radical (unpaired) electrons. The van der Waals surface area contributed by atoms with E-state index >= 15 is 0 Å². The zero-order valence-electron chi connectivity index (χ0n) is 17.1. The first-order valence-electron chi connectivity index (χ1n) is 10.5. The topological polar surface area (TPSA) is 59.1 Å². The molecular formula is C25H28N4O. The summed E-state index contributed by atoms with van der Waals surface area (Å²) in [4.78, 5) is 8.24. The molecular weight excluding hydrogens is 372 g/mol. The van der Waals surface area contributed by atoms with Crippen molar-refractivity contribution in [2.45, 2.75) is 13.0 Å². The smallest absolute Gasteiger partial charge is 0.120 e. The normalized spacial score (nSPS) is 14.0. The van der Waals surface area contributed by atoms with Crippen molar-refractivity contribution < 1.29 is 4.74 Å². The van der Waals surface area contributed by atoms with Crippen LogP contribution in [0.2, 0.25) is 0 Å². The predicted molar refractivity (Wildman–Crippen MR) is 121 cm³/mol. The Morgan fingerprint density at radius 1 is 0.967 bits per heavy atom. The predicted octanol–water partition coefficient (Wildman–Crippen LogP) is 3.58. The molecule has 0 saturated carbocycles. The molecule has 3 aromatic rings. The van der Waals surface area contributed by atoms with Gasteiger partial charge in [-0.25, -0.2) is 0 Å². The lowest BCUT2D eigenvalue weighted by Gasteiger charge is -2.27. The van der Waals surface area contributed by atoms with Crippen LogP contribution in [-0.2, 0) is 13.0 Å². The lowest BCUT2D eigenvalue weighted by molar-refractivity contribution is 0.320. The van der Waals surface area contributed by atoms with Crippen LogP contribution in [0.5, 0.6) is 5.75 Å². The minimum atomic E-state index is 0.639. The highest BCUT2D eigenvalue weighted by atomic mass is 16.5.